The van der Waals surface area contributed by atoms with Crippen molar-refractivity contribution in [1.82, 2.24) is 15.8 Å². The lowest BCUT2D eigenvalue weighted by Gasteiger charge is -2.07. The summed E-state index contributed by atoms with van der Waals surface area (Å²) in [5.41, 5.74) is 0.982. The minimum atomic E-state index is 0. The van der Waals surface area contributed by atoms with Gasteiger partial charge in [-0.05, 0) is 12.8 Å². The van der Waals surface area contributed by atoms with Crippen LogP contribution in [-0.4, -0.2) is 24.7 Å². The van der Waals surface area contributed by atoms with Crippen molar-refractivity contribution in [1.29, 1.82) is 0 Å². The van der Waals surface area contributed by atoms with E-state index in [1.807, 2.05) is 13.0 Å². The number of nitrogens with one attached hydrogen (secondary N) is 2. The van der Waals surface area contributed by atoms with Crippen LogP contribution in [0.3, 0.4) is 0 Å². The molecule has 17 heavy (non-hydrogen) atoms. The highest BCUT2D eigenvalue weighted by atomic mass is 127. The van der Waals surface area contributed by atoms with E-state index in [1.165, 1.54) is 0 Å². The van der Waals surface area contributed by atoms with Crippen molar-refractivity contribution in [2.24, 2.45) is 4.99 Å². The highest BCUT2D eigenvalue weighted by molar-refractivity contribution is 14.0. The summed E-state index contributed by atoms with van der Waals surface area (Å²) in [6.07, 6.45) is 0. The second-order valence-corrected chi connectivity index (χ2v) is 3.83. The fourth-order valence-corrected chi connectivity index (χ4v) is 1.24. The normalized spacial score (nSPS) is 11.2. The maximum absolute atomic E-state index is 5.20. The third-order valence-corrected chi connectivity index (χ3v) is 2.17. The van der Waals surface area contributed by atoms with Gasteiger partial charge in [0.2, 0.25) is 0 Å². The summed E-state index contributed by atoms with van der Waals surface area (Å²) < 4.78 is 5.20. The van der Waals surface area contributed by atoms with Crippen LogP contribution >= 0.6 is 24.0 Å². The van der Waals surface area contributed by atoms with Crippen LogP contribution in [0.25, 0.3) is 0 Å². The van der Waals surface area contributed by atoms with Crippen molar-refractivity contribution in [2.45, 2.75) is 33.2 Å². The Morgan fingerprint density at radius 1 is 1.47 bits per heavy atom. The number of aromatic nitrogens is 1. The number of nitrogens with zero attached hydrogens (tertiary/aromatic N) is 2. The third kappa shape index (κ3) is 5.38. The van der Waals surface area contributed by atoms with E-state index in [-0.39, 0.29) is 24.0 Å². The quantitative estimate of drug-likeness (QED) is 0.495. The molecule has 0 amide bonds. The predicted octanol–water partition coefficient (Wildman–Crippen LogP) is 2.10. The molecule has 0 saturated carbocycles. The summed E-state index contributed by atoms with van der Waals surface area (Å²) in [5.74, 6) is 1.98. The molecular weight excluding hydrogens is 331 g/mol. The molecule has 0 fully saturated rings. The van der Waals surface area contributed by atoms with Gasteiger partial charge in [0.25, 0.3) is 0 Å². The number of guanidine groups is 1. The summed E-state index contributed by atoms with van der Waals surface area (Å²) in [7, 11) is 1.74. The molecule has 0 atom stereocenters. The SMILES string of the molecule is CCNC(=NC)NCc1cc(C(C)C)no1.I. The van der Waals surface area contributed by atoms with E-state index >= 15 is 0 Å². The fraction of sp³-hybridized carbons (Fsp3) is 0.636. The minimum absolute atomic E-state index is 0. The van der Waals surface area contributed by atoms with Crippen LogP contribution in [0.2, 0.25) is 0 Å². The largest absolute Gasteiger partial charge is 0.359 e. The zero-order valence-electron chi connectivity index (χ0n) is 10.8. The molecular formula is C11H21IN4O. The monoisotopic (exact) mass is 352 g/mol. The Bertz CT molecular complexity index is 349. The van der Waals surface area contributed by atoms with Gasteiger partial charge >= 0.3 is 0 Å². The zero-order valence-corrected chi connectivity index (χ0v) is 13.1. The standard InChI is InChI=1S/C11H20N4O.HI/c1-5-13-11(12-4)14-7-9-6-10(8(2)3)15-16-9;/h6,8H,5,7H2,1-4H3,(H2,12,13,14);1H. The van der Waals surface area contributed by atoms with Gasteiger partial charge in [-0.1, -0.05) is 19.0 Å². The molecule has 1 aromatic rings. The van der Waals surface area contributed by atoms with Crippen LogP contribution in [0.4, 0.5) is 0 Å². The van der Waals surface area contributed by atoms with Crippen LogP contribution < -0.4 is 10.6 Å². The van der Waals surface area contributed by atoms with Crippen LogP contribution in [0, 0.1) is 0 Å². The zero-order chi connectivity index (χ0) is 12.0. The molecule has 0 saturated heterocycles. The molecule has 0 bridgehead atoms. The van der Waals surface area contributed by atoms with Crippen molar-refractivity contribution >= 4 is 29.9 Å². The van der Waals surface area contributed by atoms with Gasteiger partial charge < -0.3 is 15.2 Å². The first-order chi connectivity index (χ1) is 7.67. The highest BCUT2D eigenvalue weighted by Gasteiger charge is 2.07. The second kappa shape index (κ2) is 8.32. The fourth-order valence-electron chi connectivity index (χ4n) is 1.24. The van der Waals surface area contributed by atoms with Crippen LogP contribution in [0.15, 0.2) is 15.6 Å². The first-order valence-electron chi connectivity index (χ1n) is 5.57. The van der Waals surface area contributed by atoms with E-state index in [2.05, 4.69) is 34.6 Å². The summed E-state index contributed by atoms with van der Waals surface area (Å²) >= 11 is 0. The number of hydrogen-bond donors (Lipinski definition) is 2. The van der Waals surface area contributed by atoms with Gasteiger partial charge in [0.05, 0.1) is 12.2 Å². The molecule has 0 spiro atoms. The van der Waals surface area contributed by atoms with Gasteiger partial charge in [-0.25, -0.2) is 0 Å². The van der Waals surface area contributed by atoms with E-state index in [0.717, 1.165) is 24.0 Å². The lowest BCUT2D eigenvalue weighted by Crippen LogP contribution is -2.36. The topological polar surface area (TPSA) is 62.5 Å². The summed E-state index contributed by atoms with van der Waals surface area (Å²) in [4.78, 5) is 4.07. The molecule has 0 aromatic carbocycles. The molecule has 0 aliphatic carbocycles. The number of rotatable bonds is 4. The van der Waals surface area contributed by atoms with Crippen molar-refractivity contribution < 1.29 is 4.52 Å². The molecule has 1 rings (SSSR count). The lowest BCUT2D eigenvalue weighted by molar-refractivity contribution is 0.372. The van der Waals surface area contributed by atoms with Gasteiger partial charge in [-0.15, -0.1) is 24.0 Å². The molecule has 5 nitrogen and oxygen atoms in total. The van der Waals surface area contributed by atoms with Gasteiger partial charge in [-0.2, -0.15) is 0 Å². The van der Waals surface area contributed by atoms with Gasteiger partial charge in [0.1, 0.15) is 0 Å². The first kappa shape index (κ1) is 16.2. The molecule has 0 aliphatic rings. The summed E-state index contributed by atoms with van der Waals surface area (Å²) in [5, 5.41) is 10.2. The van der Waals surface area contributed by atoms with Crippen molar-refractivity contribution in [3.8, 4) is 0 Å². The number of halogens is 1. The second-order valence-electron chi connectivity index (χ2n) is 3.83. The Labute approximate surface area is 119 Å². The molecule has 0 aliphatic heterocycles. The Kier molecular flexibility index (Phi) is 7.94. The van der Waals surface area contributed by atoms with Crippen LogP contribution in [0.5, 0.6) is 0 Å². The van der Waals surface area contributed by atoms with Crippen LogP contribution in [0.1, 0.15) is 38.1 Å². The first-order valence-corrected chi connectivity index (χ1v) is 5.57. The molecule has 0 radical (unpaired) electrons. The highest BCUT2D eigenvalue weighted by Crippen LogP contribution is 2.13. The van der Waals surface area contributed by atoms with Gasteiger partial charge in [0.15, 0.2) is 11.7 Å². The number of aliphatic imine (C=N–C) groups is 1. The molecule has 1 heterocycles. The van der Waals surface area contributed by atoms with E-state index in [9.17, 15) is 0 Å². The predicted molar refractivity (Wildman–Crippen MR) is 79.9 cm³/mol. The van der Waals surface area contributed by atoms with E-state index in [0.29, 0.717) is 12.5 Å². The van der Waals surface area contributed by atoms with Crippen molar-refractivity contribution in [3.05, 3.63) is 17.5 Å². The summed E-state index contributed by atoms with van der Waals surface area (Å²) in [6, 6.07) is 1.97. The Morgan fingerprint density at radius 3 is 2.65 bits per heavy atom. The van der Waals surface area contributed by atoms with E-state index in [1.54, 1.807) is 7.05 Å². The summed E-state index contributed by atoms with van der Waals surface area (Å²) in [6.45, 7) is 7.64. The van der Waals surface area contributed by atoms with Crippen LogP contribution in [-0.2, 0) is 6.54 Å². The van der Waals surface area contributed by atoms with Gasteiger partial charge in [0, 0.05) is 19.7 Å². The third-order valence-electron chi connectivity index (χ3n) is 2.17. The Hall–Kier alpha value is -0.790. The van der Waals surface area contributed by atoms with Crippen molar-refractivity contribution in [3.63, 3.8) is 0 Å². The maximum Gasteiger partial charge on any atom is 0.191 e. The average Bonchev–Trinajstić information content (AvgIpc) is 2.73. The Balaban J connectivity index is 0.00000256. The van der Waals surface area contributed by atoms with Crippen molar-refractivity contribution in [2.75, 3.05) is 13.6 Å². The molecule has 2 N–H and O–H groups in total. The molecule has 1 aromatic heterocycles. The smallest absolute Gasteiger partial charge is 0.191 e. The minimum Gasteiger partial charge on any atom is -0.359 e. The van der Waals surface area contributed by atoms with E-state index < -0.39 is 0 Å². The average molecular weight is 352 g/mol. The maximum atomic E-state index is 5.20. The van der Waals surface area contributed by atoms with E-state index in [4.69, 9.17) is 4.52 Å². The van der Waals surface area contributed by atoms with Gasteiger partial charge in [-0.3, -0.25) is 4.99 Å². The Morgan fingerprint density at radius 2 is 2.18 bits per heavy atom. The molecule has 0 unspecified atom stereocenters. The molecule has 98 valence electrons. The molecule has 6 heteroatoms. The lowest BCUT2D eigenvalue weighted by atomic mass is 10.1. The number of hydrogen-bond acceptors (Lipinski definition) is 3.